The number of halogens is 2. The molecular formula is C8H9Cl2N3O2S. The van der Waals surface area contributed by atoms with Crippen LogP contribution in [0.1, 0.15) is 5.56 Å². The number of nitro groups is 1. The summed E-state index contributed by atoms with van der Waals surface area (Å²) in [5.41, 5.74) is 5.61. The Labute approximate surface area is 107 Å². The van der Waals surface area contributed by atoms with Crippen LogP contribution in [0.5, 0.6) is 0 Å². The third-order valence-electron chi connectivity index (χ3n) is 1.63. The quantitative estimate of drug-likeness (QED) is 0.386. The maximum absolute atomic E-state index is 10.7. The first-order valence-corrected chi connectivity index (χ1v) is 5.26. The normalized spacial score (nSPS) is 9.31. The summed E-state index contributed by atoms with van der Waals surface area (Å²) in [6.07, 6.45) is 0. The average molecular weight is 282 g/mol. The van der Waals surface area contributed by atoms with E-state index < -0.39 is 4.92 Å². The molecule has 0 bridgehead atoms. The Hall–Kier alpha value is -0.980. The highest BCUT2D eigenvalue weighted by Gasteiger charge is 2.14. The van der Waals surface area contributed by atoms with Gasteiger partial charge in [-0.1, -0.05) is 23.4 Å². The number of benzene rings is 1. The Balaban J connectivity index is 0.00000225. The third kappa shape index (κ3) is 4.26. The number of hydrogen-bond donors (Lipinski definition) is 2. The summed E-state index contributed by atoms with van der Waals surface area (Å²) in [6.45, 7) is 0. The van der Waals surface area contributed by atoms with Gasteiger partial charge in [0, 0.05) is 22.4 Å². The first-order chi connectivity index (χ1) is 7.00. The van der Waals surface area contributed by atoms with E-state index in [2.05, 4.69) is 0 Å². The summed E-state index contributed by atoms with van der Waals surface area (Å²) in [6, 6.07) is 4.43. The van der Waals surface area contributed by atoms with Crippen LogP contribution in [0.3, 0.4) is 0 Å². The first-order valence-electron chi connectivity index (χ1n) is 3.90. The summed E-state index contributed by atoms with van der Waals surface area (Å²) >= 11 is 6.68. The van der Waals surface area contributed by atoms with E-state index in [1.165, 1.54) is 6.07 Å². The minimum Gasteiger partial charge on any atom is -0.379 e. The maximum Gasteiger partial charge on any atom is 0.274 e. The molecule has 16 heavy (non-hydrogen) atoms. The molecule has 1 rings (SSSR count). The van der Waals surface area contributed by atoms with Crippen LogP contribution >= 0.6 is 35.8 Å². The van der Waals surface area contributed by atoms with Gasteiger partial charge in [-0.05, 0) is 12.1 Å². The molecule has 1 aromatic carbocycles. The Morgan fingerprint density at radius 2 is 2.25 bits per heavy atom. The molecule has 1 aromatic rings. The van der Waals surface area contributed by atoms with Gasteiger partial charge in [0.1, 0.15) is 0 Å². The molecule has 0 aromatic heterocycles. The van der Waals surface area contributed by atoms with E-state index in [0.29, 0.717) is 16.3 Å². The molecular weight excluding hydrogens is 273 g/mol. The van der Waals surface area contributed by atoms with Gasteiger partial charge >= 0.3 is 0 Å². The topological polar surface area (TPSA) is 93.0 Å². The fourth-order valence-corrected chi connectivity index (χ4v) is 1.71. The Kier molecular flexibility index (Phi) is 6.17. The van der Waals surface area contributed by atoms with E-state index in [0.717, 1.165) is 11.8 Å². The second-order valence-corrected chi connectivity index (χ2v) is 4.14. The van der Waals surface area contributed by atoms with Gasteiger partial charge in [-0.2, -0.15) is 0 Å². The zero-order valence-corrected chi connectivity index (χ0v) is 10.4. The second-order valence-electron chi connectivity index (χ2n) is 2.68. The fraction of sp³-hybridized carbons (Fsp3) is 0.125. The Morgan fingerprint density at radius 3 is 2.75 bits per heavy atom. The van der Waals surface area contributed by atoms with Gasteiger partial charge in [0.05, 0.1) is 4.92 Å². The zero-order valence-electron chi connectivity index (χ0n) is 7.97. The molecule has 0 fully saturated rings. The van der Waals surface area contributed by atoms with Crippen LogP contribution < -0.4 is 5.73 Å². The van der Waals surface area contributed by atoms with Gasteiger partial charge in [0.15, 0.2) is 5.17 Å². The van der Waals surface area contributed by atoms with Crippen LogP contribution in [0.2, 0.25) is 5.02 Å². The standard InChI is InChI=1S/C8H8ClN3O2S.ClH/c9-6-2-1-5(4-15-8(10)11)7(3-6)12(13)14;/h1-3H,4H2,(H3,10,11);1H. The van der Waals surface area contributed by atoms with Crippen LogP contribution in [-0.2, 0) is 5.75 Å². The van der Waals surface area contributed by atoms with E-state index in [9.17, 15) is 10.1 Å². The molecule has 8 heteroatoms. The van der Waals surface area contributed by atoms with Gasteiger partial charge in [-0.3, -0.25) is 15.5 Å². The Morgan fingerprint density at radius 1 is 1.62 bits per heavy atom. The van der Waals surface area contributed by atoms with Crippen molar-refractivity contribution < 1.29 is 4.92 Å². The number of hydrogen-bond acceptors (Lipinski definition) is 4. The van der Waals surface area contributed by atoms with Gasteiger partial charge in [-0.25, -0.2) is 0 Å². The van der Waals surface area contributed by atoms with Crippen molar-refractivity contribution in [2.24, 2.45) is 5.73 Å². The molecule has 0 saturated heterocycles. The zero-order chi connectivity index (χ0) is 11.4. The summed E-state index contributed by atoms with van der Waals surface area (Å²) in [7, 11) is 0. The molecule has 0 spiro atoms. The molecule has 88 valence electrons. The van der Waals surface area contributed by atoms with Crippen LogP contribution in [0.15, 0.2) is 18.2 Å². The summed E-state index contributed by atoms with van der Waals surface area (Å²) in [4.78, 5) is 10.2. The van der Waals surface area contributed by atoms with Crippen LogP contribution in [0, 0.1) is 15.5 Å². The number of nitrogens with two attached hydrogens (primary N) is 1. The monoisotopic (exact) mass is 281 g/mol. The van der Waals surface area contributed by atoms with Crippen molar-refractivity contribution in [1.82, 2.24) is 0 Å². The Bertz CT molecular complexity index is 414. The van der Waals surface area contributed by atoms with Crippen LogP contribution in [0.25, 0.3) is 0 Å². The SMILES string of the molecule is Cl.N=C(N)SCc1ccc(Cl)cc1[N+](=O)[O-]. The largest absolute Gasteiger partial charge is 0.379 e. The average Bonchev–Trinajstić information content (AvgIpc) is 2.15. The molecule has 0 amide bonds. The number of thioether (sulfide) groups is 1. The van der Waals surface area contributed by atoms with Gasteiger partial charge in [-0.15, -0.1) is 12.4 Å². The number of amidine groups is 1. The van der Waals surface area contributed by atoms with E-state index in [1.807, 2.05) is 0 Å². The number of nitrogens with one attached hydrogen (secondary N) is 1. The van der Waals surface area contributed by atoms with Gasteiger partial charge in [0.2, 0.25) is 0 Å². The molecule has 0 radical (unpaired) electrons. The number of rotatable bonds is 3. The predicted molar refractivity (Wildman–Crippen MR) is 68.6 cm³/mol. The molecule has 3 N–H and O–H groups in total. The number of nitrogens with zero attached hydrogens (tertiary/aromatic N) is 1. The van der Waals surface area contributed by atoms with Gasteiger partial charge < -0.3 is 5.73 Å². The minimum absolute atomic E-state index is 0. The van der Waals surface area contributed by atoms with E-state index in [1.54, 1.807) is 12.1 Å². The van der Waals surface area contributed by atoms with Crippen molar-refractivity contribution in [3.63, 3.8) is 0 Å². The molecule has 0 aliphatic heterocycles. The first kappa shape index (κ1) is 15.0. The molecule has 0 heterocycles. The van der Waals surface area contributed by atoms with E-state index >= 15 is 0 Å². The van der Waals surface area contributed by atoms with Crippen molar-refractivity contribution in [2.75, 3.05) is 0 Å². The summed E-state index contributed by atoms with van der Waals surface area (Å²) in [5, 5.41) is 17.9. The fourth-order valence-electron chi connectivity index (χ4n) is 0.985. The second kappa shape index (κ2) is 6.57. The number of nitro benzene ring substituents is 1. The highest BCUT2D eigenvalue weighted by molar-refractivity contribution is 8.13. The van der Waals surface area contributed by atoms with E-state index in [4.69, 9.17) is 22.7 Å². The van der Waals surface area contributed by atoms with Crippen LogP contribution in [-0.4, -0.2) is 10.1 Å². The van der Waals surface area contributed by atoms with E-state index in [-0.39, 0.29) is 23.3 Å². The van der Waals surface area contributed by atoms with Crippen molar-refractivity contribution >= 4 is 46.6 Å². The third-order valence-corrected chi connectivity index (χ3v) is 2.63. The lowest BCUT2D eigenvalue weighted by Gasteiger charge is -2.02. The highest BCUT2D eigenvalue weighted by atomic mass is 35.5. The molecule has 5 nitrogen and oxygen atoms in total. The highest BCUT2D eigenvalue weighted by Crippen LogP contribution is 2.26. The maximum atomic E-state index is 10.7. The van der Waals surface area contributed by atoms with Crippen molar-refractivity contribution in [3.05, 3.63) is 38.9 Å². The minimum atomic E-state index is -0.498. The lowest BCUT2D eigenvalue weighted by atomic mass is 10.2. The molecule has 0 unspecified atom stereocenters. The van der Waals surface area contributed by atoms with Crippen molar-refractivity contribution in [2.45, 2.75) is 5.75 Å². The summed E-state index contributed by atoms with van der Waals surface area (Å²) < 4.78 is 0. The molecule has 0 atom stereocenters. The molecule has 0 aliphatic carbocycles. The smallest absolute Gasteiger partial charge is 0.274 e. The van der Waals surface area contributed by atoms with Crippen molar-refractivity contribution in [1.29, 1.82) is 5.41 Å². The van der Waals surface area contributed by atoms with Crippen molar-refractivity contribution in [3.8, 4) is 0 Å². The lowest BCUT2D eigenvalue weighted by molar-refractivity contribution is -0.385. The molecule has 0 aliphatic rings. The lowest BCUT2D eigenvalue weighted by Crippen LogP contribution is -2.04. The molecule has 0 saturated carbocycles. The summed E-state index contributed by atoms with van der Waals surface area (Å²) in [5.74, 6) is 0.294. The van der Waals surface area contributed by atoms with Gasteiger partial charge in [0.25, 0.3) is 5.69 Å². The van der Waals surface area contributed by atoms with Crippen LogP contribution in [0.4, 0.5) is 5.69 Å². The predicted octanol–water partition coefficient (Wildman–Crippen LogP) is 2.80.